The molecule has 0 spiro atoms. The molecule has 1 aliphatic rings. The number of aryl methyl sites for hydroxylation is 1. The van der Waals surface area contributed by atoms with Crippen molar-refractivity contribution in [1.82, 2.24) is 9.78 Å². The second-order valence-corrected chi connectivity index (χ2v) is 4.57. The molecule has 3 rings (SSSR count). The van der Waals surface area contributed by atoms with Crippen LogP contribution in [0, 0.1) is 12.7 Å². The summed E-state index contributed by atoms with van der Waals surface area (Å²) in [5.41, 5.74) is 1.60. The van der Waals surface area contributed by atoms with Crippen molar-refractivity contribution in [2.24, 2.45) is 0 Å². The summed E-state index contributed by atoms with van der Waals surface area (Å²) in [6.07, 6.45) is 4.96. The lowest BCUT2D eigenvalue weighted by Crippen LogP contribution is -2.18. The molecular formula is C13H15FN2O. The number of nitrogens with zero attached hydrogens (tertiary/aromatic N) is 2. The van der Waals surface area contributed by atoms with Crippen molar-refractivity contribution in [2.45, 2.75) is 32.4 Å². The fourth-order valence-electron chi connectivity index (χ4n) is 2.32. The van der Waals surface area contributed by atoms with Crippen LogP contribution < -0.4 is 0 Å². The van der Waals surface area contributed by atoms with Crippen LogP contribution in [0.1, 0.15) is 31.1 Å². The molecule has 1 fully saturated rings. The molecule has 0 aliphatic carbocycles. The van der Waals surface area contributed by atoms with E-state index in [1.54, 1.807) is 13.1 Å². The molecular weight excluding hydrogens is 219 g/mol. The van der Waals surface area contributed by atoms with Crippen LogP contribution in [0.4, 0.5) is 4.39 Å². The Bertz CT molecular complexity index is 544. The minimum atomic E-state index is -0.179. The van der Waals surface area contributed by atoms with Gasteiger partial charge in [0.05, 0.1) is 11.7 Å². The van der Waals surface area contributed by atoms with Gasteiger partial charge in [0.25, 0.3) is 0 Å². The van der Waals surface area contributed by atoms with Crippen LogP contribution in [0.5, 0.6) is 0 Å². The Balaban J connectivity index is 2.07. The van der Waals surface area contributed by atoms with Crippen molar-refractivity contribution in [3.05, 3.63) is 29.7 Å². The Labute approximate surface area is 99.2 Å². The van der Waals surface area contributed by atoms with E-state index in [4.69, 9.17) is 4.74 Å². The maximum atomic E-state index is 13.4. The molecule has 3 nitrogen and oxygen atoms in total. The summed E-state index contributed by atoms with van der Waals surface area (Å²) in [6, 6.07) is 3.38. The van der Waals surface area contributed by atoms with Gasteiger partial charge in [-0.1, -0.05) is 0 Å². The molecule has 1 aliphatic heterocycles. The summed E-state index contributed by atoms with van der Waals surface area (Å²) in [7, 11) is 0. The number of rotatable bonds is 1. The molecule has 0 radical (unpaired) electrons. The summed E-state index contributed by atoms with van der Waals surface area (Å²) >= 11 is 0. The average Bonchev–Trinajstić information content (AvgIpc) is 2.74. The largest absolute Gasteiger partial charge is 0.356 e. The molecule has 1 aromatic carbocycles. The number of halogens is 1. The minimum Gasteiger partial charge on any atom is -0.356 e. The molecule has 0 amide bonds. The van der Waals surface area contributed by atoms with Gasteiger partial charge < -0.3 is 4.74 Å². The quantitative estimate of drug-likeness (QED) is 0.757. The molecule has 2 heterocycles. The van der Waals surface area contributed by atoms with Gasteiger partial charge in [-0.25, -0.2) is 9.07 Å². The zero-order valence-electron chi connectivity index (χ0n) is 9.82. The molecule has 90 valence electrons. The Morgan fingerprint density at radius 1 is 1.41 bits per heavy atom. The molecule has 1 saturated heterocycles. The SMILES string of the molecule is Cc1cc2c(cnn2C2CCCCO2)cc1F. The van der Waals surface area contributed by atoms with Gasteiger partial charge in [0.2, 0.25) is 0 Å². The van der Waals surface area contributed by atoms with Gasteiger partial charge in [0.15, 0.2) is 6.23 Å². The first kappa shape index (κ1) is 10.7. The Morgan fingerprint density at radius 2 is 2.29 bits per heavy atom. The maximum Gasteiger partial charge on any atom is 0.150 e. The summed E-state index contributed by atoms with van der Waals surface area (Å²) < 4.78 is 21.0. The molecule has 0 saturated carbocycles. The molecule has 0 bridgehead atoms. The van der Waals surface area contributed by atoms with Crippen molar-refractivity contribution in [3.63, 3.8) is 0 Å². The molecule has 1 unspecified atom stereocenters. The lowest BCUT2D eigenvalue weighted by atomic mass is 10.1. The zero-order chi connectivity index (χ0) is 11.8. The highest BCUT2D eigenvalue weighted by Gasteiger charge is 2.18. The van der Waals surface area contributed by atoms with Crippen molar-refractivity contribution in [1.29, 1.82) is 0 Å². The number of aromatic nitrogens is 2. The van der Waals surface area contributed by atoms with Gasteiger partial charge in [0, 0.05) is 12.0 Å². The van der Waals surface area contributed by atoms with E-state index in [0.717, 1.165) is 36.8 Å². The summed E-state index contributed by atoms with van der Waals surface area (Å²) in [5, 5.41) is 5.16. The second kappa shape index (κ2) is 4.11. The first-order valence-corrected chi connectivity index (χ1v) is 6.00. The summed E-state index contributed by atoms with van der Waals surface area (Å²) in [5.74, 6) is -0.179. The lowest BCUT2D eigenvalue weighted by molar-refractivity contribution is -0.0366. The van der Waals surface area contributed by atoms with Crippen LogP contribution in [-0.2, 0) is 4.74 Å². The maximum absolute atomic E-state index is 13.4. The van der Waals surface area contributed by atoms with E-state index >= 15 is 0 Å². The van der Waals surface area contributed by atoms with Gasteiger partial charge in [-0.15, -0.1) is 0 Å². The van der Waals surface area contributed by atoms with E-state index in [0.29, 0.717) is 5.56 Å². The topological polar surface area (TPSA) is 27.1 Å². The second-order valence-electron chi connectivity index (χ2n) is 4.57. The number of hydrogen-bond acceptors (Lipinski definition) is 2. The van der Waals surface area contributed by atoms with Crippen LogP contribution in [0.2, 0.25) is 0 Å². The third-order valence-corrected chi connectivity index (χ3v) is 3.30. The van der Waals surface area contributed by atoms with E-state index in [2.05, 4.69) is 5.10 Å². The summed E-state index contributed by atoms with van der Waals surface area (Å²) in [4.78, 5) is 0. The number of hydrogen-bond donors (Lipinski definition) is 0. The van der Waals surface area contributed by atoms with Crippen LogP contribution >= 0.6 is 0 Å². The van der Waals surface area contributed by atoms with Gasteiger partial charge in [0.1, 0.15) is 5.82 Å². The number of ether oxygens (including phenoxy) is 1. The molecule has 17 heavy (non-hydrogen) atoms. The van der Waals surface area contributed by atoms with E-state index < -0.39 is 0 Å². The van der Waals surface area contributed by atoms with Crippen LogP contribution in [0.3, 0.4) is 0 Å². The van der Waals surface area contributed by atoms with Gasteiger partial charge in [-0.3, -0.25) is 0 Å². The molecule has 1 atom stereocenters. The predicted molar refractivity (Wildman–Crippen MR) is 63.3 cm³/mol. The smallest absolute Gasteiger partial charge is 0.150 e. The van der Waals surface area contributed by atoms with Crippen molar-refractivity contribution < 1.29 is 9.13 Å². The van der Waals surface area contributed by atoms with Crippen molar-refractivity contribution >= 4 is 10.9 Å². The van der Waals surface area contributed by atoms with Gasteiger partial charge in [-0.2, -0.15) is 5.10 Å². The highest BCUT2D eigenvalue weighted by molar-refractivity contribution is 5.79. The normalized spacial score (nSPS) is 20.9. The Hall–Kier alpha value is -1.42. The first-order valence-electron chi connectivity index (χ1n) is 6.00. The number of benzene rings is 1. The molecule has 0 N–H and O–H groups in total. The average molecular weight is 234 g/mol. The van der Waals surface area contributed by atoms with Crippen molar-refractivity contribution in [3.8, 4) is 0 Å². The third-order valence-electron chi connectivity index (χ3n) is 3.30. The fraction of sp³-hybridized carbons (Fsp3) is 0.462. The monoisotopic (exact) mass is 234 g/mol. The summed E-state index contributed by atoms with van der Waals surface area (Å²) in [6.45, 7) is 2.56. The molecule has 1 aromatic heterocycles. The third kappa shape index (κ3) is 1.82. The van der Waals surface area contributed by atoms with Crippen LogP contribution in [0.25, 0.3) is 10.9 Å². The highest BCUT2D eigenvalue weighted by atomic mass is 19.1. The number of fused-ring (bicyclic) bond motifs is 1. The molecule has 4 heteroatoms. The van der Waals surface area contributed by atoms with E-state index in [1.165, 1.54) is 6.07 Å². The van der Waals surface area contributed by atoms with Crippen LogP contribution in [0.15, 0.2) is 18.3 Å². The lowest BCUT2D eigenvalue weighted by Gasteiger charge is -2.23. The van der Waals surface area contributed by atoms with E-state index in [9.17, 15) is 4.39 Å². The molecule has 2 aromatic rings. The Kier molecular flexibility index (Phi) is 2.59. The minimum absolute atomic E-state index is 0.00566. The van der Waals surface area contributed by atoms with E-state index in [-0.39, 0.29) is 12.0 Å². The van der Waals surface area contributed by atoms with Gasteiger partial charge in [-0.05, 0) is 43.9 Å². The van der Waals surface area contributed by atoms with Crippen LogP contribution in [-0.4, -0.2) is 16.4 Å². The Morgan fingerprint density at radius 3 is 3.06 bits per heavy atom. The van der Waals surface area contributed by atoms with Crippen molar-refractivity contribution in [2.75, 3.05) is 6.61 Å². The first-order chi connectivity index (χ1) is 8.25. The van der Waals surface area contributed by atoms with Gasteiger partial charge >= 0.3 is 0 Å². The predicted octanol–water partition coefficient (Wildman–Crippen LogP) is 3.18. The standard InChI is InChI=1S/C13H15FN2O/c1-9-6-12-10(7-11(9)14)8-15-16(12)13-4-2-3-5-17-13/h6-8,13H,2-5H2,1H3. The highest BCUT2D eigenvalue weighted by Crippen LogP contribution is 2.27. The fourth-order valence-corrected chi connectivity index (χ4v) is 2.32. The van der Waals surface area contributed by atoms with E-state index in [1.807, 2.05) is 10.7 Å². The zero-order valence-corrected chi connectivity index (χ0v) is 9.82.